The Morgan fingerprint density at radius 2 is 1.89 bits per heavy atom. The van der Waals surface area contributed by atoms with E-state index in [4.69, 9.17) is 4.74 Å². The van der Waals surface area contributed by atoms with Crippen LogP contribution < -0.4 is 0 Å². The van der Waals surface area contributed by atoms with Crippen LogP contribution in [0.15, 0.2) is 18.2 Å². The van der Waals surface area contributed by atoms with Gasteiger partial charge in [0.15, 0.2) is 11.5 Å². The van der Waals surface area contributed by atoms with Crippen molar-refractivity contribution in [2.24, 2.45) is 0 Å². The third kappa shape index (κ3) is 2.41. The number of nitrogens with zero attached hydrogens (tertiary/aromatic N) is 1. The lowest BCUT2D eigenvalue weighted by Gasteiger charge is -2.35. The van der Waals surface area contributed by atoms with E-state index in [1.807, 2.05) is 13.8 Å². The third-order valence-electron chi connectivity index (χ3n) is 2.95. The first-order valence-electron chi connectivity index (χ1n) is 5.94. The summed E-state index contributed by atoms with van der Waals surface area (Å²) in [6.45, 7) is 4.77. The SMILES string of the molecule is C[C@@H]1CN(C(=O)c2cccc(O)c2O)C[C@H](C)O1. The van der Waals surface area contributed by atoms with E-state index in [1.54, 1.807) is 4.90 Å². The summed E-state index contributed by atoms with van der Waals surface area (Å²) in [5, 5.41) is 19.1. The maximum Gasteiger partial charge on any atom is 0.257 e. The summed E-state index contributed by atoms with van der Waals surface area (Å²) < 4.78 is 5.55. The van der Waals surface area contributed by atoms with Gasteiger partial charge in [-0.25, -0.2) is 0 Å². The smallest absolute Gasteiger partial charge is 0.257 e. The largest absolute Gasteiger partial charge is 0.504 e. The Morgan fingerprint density at radius 3 is 2.50 bits per heavy atom. The van der Waals surface area contributed by atoms with Crippen molar-refractivity contribution in [2.45, 2.75) is 26.1 Å². The molecule has 0 aromatic heterocycles. The lowest BCUT2D eigenvalue weighted by Crippen LogP contribution is -2.48. The number of phenols is 2. The van der Waals surface area contributed by atoms with Gasteiger partial charge in [0.1, 0.15) is 0 Å². The van der Waals surface area contributed by atoms with Crippen molar-refractivity contribution in [1.82, 2.24) is 4.90 Å². The van der Waals surface area contributed by atoms with Gasteiger partial charge in [-0.3, -0.25) is 4.79 Å². The zero-order valence-corrected chi connectivity index (χ0v) is 10.5. The number of benzene rings is 1. The number of carbonyl (C=O) groups is 1. The summed E-state index contributed by atoms with van der Waals surface area (Å²) in [5.41, 5.74) is 0.122. The van der Waals surface area contributed by atoms with Crippen molar-refractivity contribution in [3.8, 4) is 11.5 Å². The molecule has 0 spiro atoms. The summed E-state index contributed by atoms with van der Waals surface area (Å²) >= 11 is 0. The van der Waals surface area contributed by atoms with Crippen LogP contribution in [-0.2, 0) is 4.74 Å². The van der Waals surface area contributed by atoms with Gasteiger partial charge >= 0.3 is 0 Å². The fraction of sp³-hybridized carbons (Fsp3) is 0.462. The lowest BCUT2D eigenvalue weighted by atomic mass is 10.1. The summed E-state index contributed by atoms with van der Waals surface area (Å²) in [5.74, 6) is -0.935. The molecule has 5 nitrogen and oxygen atoms in total. The zero-order chi connectivity index (χ0) is 13.3. The minimum atomic E-state index is -0.366. The predicted octanol–water partition coefficient (Wildman–Crippen LogP) is 1.35. The number of amides is 1. The summed E-state index contributed by atoms with van der Waals surface area (Å²) in [4.78, 5) is 13.9. The van der Waals surface area contributed by atoms with Crippen LogP contribution in [0.4, 0.5) is 0 Å². The van der Waals surface area contributed by atoms with Crippen LogP contribution in [0.25, 0.3) is 0 Å². The highest BCUT2D eigenvalue weighted by atomic mass is 16.5. The molecule has 1 aliphatic heterocycles. The van der Waals surface area contributed by atoms with Gasteiger partial charge in [0.2, 0.25) is 0 Å². The Kier molecular flexibility index (Phi) is 3.43. The van der Waals surface area contributed by atoms with E-state index in [-0.39, 0.29) is 35.2 Å². The molecular weight excluding hydrogens is 234 g/mol. The molecule has 2 N–H and O–H groups in total. The van der Waals surface area contributed by atoms with Crippen LogP contribution in [-0.4, -0.2) is 46.3 Å². The van der Waals surface area contributed by atoms with E-state index in [9.17, 15) is 15.0 Å². The van der Waals surface area contributed by atoms with Gasteiger partial charge in [-0.05, 0) is 26.0 Å². The first kappa shape index (κ1) is 12.7. The van der Waals surface area contributed by atoms with Crippen molar-refractivity contribution < 1.29 is 19.7 Å². The number of rotatable bonds is 1. The van der Waals surface area contributed by atoms with Gasteiger partial charge < -0.3 is 19.8 Å². The van der Waals surface area contributed by atoms with Gasteiger partial charge in [0.05, 0.1) is 17.8 Å². The highest BCUT2D eigenvalue weighted by Crippen LogP contribution is 2.29. The molecule has 5 heteroatoms. The molecule has 2 rings (SSSR count). The van der Waals surface area contributed by atoms with Crippen molar-refractivity contribution in [1.29, 1.82) is 0 Å². The maximum atomic E-state index is 12.3. The van der Waals surface area contributed by atoms with E-state index in [0.717, 1.165) is 0 Å². The monoisotopic (exact) mass is 251 g/mol. The second-order valence-electron chi connectivity index (χ2n) is 4.64. The number of morpholine rings is 1. The van der Waals surface area contributed by atoms with Gasteiger partial charge in [0, 0.05) is 13.1 Å². The Morgan fingerprint density at radius 1 is 1.28 bits per heavy atom. The number of hydrogen-bond acceptors (Lipinski definition) is 4. The molecule has 98 valence electrons. The summed E-state index contributed by atoms with van der Waals surface area (Å²) in [7, 11) is 0. The molecule has 1 amide bonds. The van der Waals surface area contributed by atoms with E-state index in [1.165, 1.54) is 18.2 Å². The van der Waals surface area contributed by atoms with Gasteiger partial charge in [-0.15, -0.1) is 0 Å². The maximum absolute atomic E-state index is 12.3. The third-order valence-corrected chi connectivity index (χ3v) is 2.95. The molecule has 1 aliphatic rings. The molecule has 0 aliphatic carbocycles. The highest BCUT2D eigenvalue weighted by Gasteiger charge is 2.28. The topological polar surface area (TPSA) is 70.0 Å². The second kappa shape index (κ2) is 4.86. The van der Waals surface area contributed by atoms with Crippen LogP contribution in [0, 0.1) is 0 Å². The Hall–Kier alpha value is -1.75. The van der Waals surface area contributed by atoms with Gasteiger partial charge in [0.25, 0.3) is 5.91 Å². The molecule has 1 heterocycles. The minimum absolute atomic E-state index is 0.0304. The Balaban J connectivity index is 2.23. The average molecular weight is 251 g/mol. The van der Waals surface area contributed by atoms with Crippen molar-refractivity contribution in [3.63, 3.8) is 0 Å². The molecule has 18 heavy (non-hydrogen) atoms. The zero-order valence-electron chi connectivity index (χ0n) is 10.5. The number of para-hydroxylation sites is 1. The molecule has 0 saturated carbocycles. The molecule has 0 radical (unpaired) electrons. The Bertz CT molecular complexity index is 450. The Labute approximate surface area is 106 Å². The fourth-order valence-corrected chi connectivity index (χ4v) is 2.22. The first-order chi connectivity index (χ1) is 8.49. The van der Waals surface area contributed by atoms with E-state index < -0.39 is 0 Å². The van der Waals surface area contributed by atoms with Crippen molar-refractivity contribution in [2.75, 3.05) is 13.1 Å². The number of hydrogen-bond donors (Lipinski definition) is 2. The summed E-state index contributed by atoms with van der Waals surface area (Å²) in [6.07, 6.45) is -0.0608. The fourth-order valence-electron chi connectivity index (χ4n) is 2.22. The molecule has 2 atom stereocenters. The number of ether oxygens (including phenoxy) is 1. The average Bonchev–Trinajstić information content (AvgIpc) is 2.30. The molecule has 0 unspecified atom stereocenters. The molecule has 1 fully saturated rings. The lowest BCUT2D eigenvalue weighted by molar-refractivity contribution is -0.0586. The van der Waals surface area contributed by atoms with Crippen molar-refractivity contribution >= 4 is 5.91 Å². The van der Waals surface area contributed by atoms with Crippen LogP contribution >= 0.6 is 0 Å². The second-order valence-corrected chi connectivity index (χ2v) is 4.64. The van der Waals surface area contributed by atoms with Gasteiger partial charge in [-0.1, -0.05) is 6.07 Å². The van der Waals surface area contributed by atoms with Crippen LogP contribution in [0.1, 0.15) is 24.2 Å². The van der Waals surface area contributed by atoms with E-state index in [2.05, 4.69) is 0 Å². The number of carbonyl (C=O) groups excluding carboxylic acids is 1. The summed E-state index contributed by atoms with van der Waals surface area (Å²) in [6, 6.07) is 4.38. The molecular formula is C13H17NO4. The van der Waals surface area contributed by atoms with Gasteiger partial charge in [-0.2, -0.15) is 0 Å². The quantitative estimate of drug-likeness (QED) is 0.739. The standard InChI is InChI=1S/C13H17NO4/c1-8-6-14(7-9(2)18-8)13(17)10-4-3-5-11(15)12(10)16/h3-5,8-9,15-16H,6-7H2,1-2H3/t8-,9+. The van der Waals surface area contributed by atoms with Crippen LogP contribution in [0.5, 0.6) is 11.5 Å². The van der Waals surface area contributed by atoms with Crippen LogP contribution in [0.3, 0.4) is 0 Å². The molecule has 1 saturated heterocycles. The van der Waals surface area contributed by atoms with Crippen LogP contribution in [0.2, 0.25) is 0 Å². The minimum Gasteiger partial charge on any atom is -0.504 e. The van der Waals surface area contributed by atoms with E-state index in [0.29, 0.717) is 13.1 Å². The first-order valence-corrected chi connectivity index (χ1v) is 5.94. The van der Waals surface area contributed by atoms with E-state index >= 15 is 0 Å². The molecule has 1 aromatic rings. The van der Waals surface area contributed by atoms with Crippen molar-refractivity contribution in [3.05, 3.63) is 23.8 Å². The molecule has 0 bridgehead atoms. The molecule has 1 aromatic carbocycles. The highest BCUT2D eigenvalue weighted by molar-refractivity contribution is 5.97. The number of aromatic hydroxyl groups is 2. The normalized spacial score (nSPS) is 24.0. The number of phenolic OH excluding ortho intramolecular Hbond substituents is 2. The predicted molar refractivity (Wildman–Crippen MR) is 65.7 cm³/mol.